The summed E-state index contributed by atoms with van der Waals surface area (Å²) in [5, 5.41) is 3.33. The van der Waals surface area contributed by atoms with Crippen LogP contribution in [0.2, 0.25) is 20.1 Å². The first-order valence-electron chi connectivity index (χ1n) is 11.3. The van der Waals surface area contributed by atoms with Crippen molar-refractivity contribution in [3.63, 3.8) is 0 Å². The fraction of sp³-hybridized carbons (Fsp3) is 0.0385. The predicted molar refractivity (Wildman–Crippen MR) is 160 cm³/mol. The Labute approximate surface area is 251 Å². The average molecular weight is 659 g/mol. The fourth-order valence-corrected chi connectivity index (χ4v) is 7.00. The fourth-order valence-electron chi connectivity index (χ4n) is 3.52. The second kappa shape index (κ2) is 12.3. The molecule has 208 valence electrons. The quantitative estimate of drug-likeness (QED) is 0.202. The van der Waals surface area contributed by atoms with Gasteiger partial charge in [0.25, 0.3) is 20.0 Å². The van der Waals surface area contributed by atoms with Gasteiger partial charge in [0, 0.05) is 15.7 Å². The van der Waals surface area contributed by atoms with Crippen LogP contribution < -0.4 is 14.3 Å². The first kappa shape index (κ1) is 30.0. The van der Waals surface area contributed by atoms with Crippen LogP contribution in [-0.2, 0) is 24.8 Å². The second-order valence-electron chi connectivity index (χ2n) is 8.22. The Morgan fingerprint density at radius 2 is 1.32 bits per heavy atom. The number of anilines is 3. The summed E-state index contributed by atoms with van der Waals surface area (Å²) in [4.78, 5) is 12.9. The van der Waals surface area contributed by atoms with Gasteiger partial charge >= 0.3 is 0 Å². The van der Waals surface area contributed by atoms with Gasteiger partial charge in [-0.05, 0) is 72.8 Å². The van der Waals surface area contributed by atoms with E-state index < -0.39 is 32.5 Å². The van der Waals surface area contributed by atoms with E-state index in [1.54, 1.807) is 18.2 Å². The van der Waals surface area contributed by atoms with Crippen LogP contribution in [0.15, 0.2) is 101 Å². The SMILES string of the molecule is O=C(CN(c1cc(Cl)ccc1Cl)S(=O)(=O)c1ccccc1)Nc1ccc(S(=O)(=O)Nc2ccc(Cl)cc2Cl)cc1. The summed E-state index contributed by atoms with van der Waals surface area (Å²) in [6.45, 7) is -0.645. The molecule has 0 unspecified atom stereocenters. The number of amides is 1. The zero-order chi connectivity index (χ0) is 29.1. The number of hydrogen-bond donors (Lipinski definition) is 2. The number of halogens is 4. The number of carbonyl (C=O) groups is 1. The van der Waals surface area contributed by atoms with Gasteiger partial charge in [-0.25, -0.2) is 16.8 Å². The Hall–Kier alpha value is -2.99. The van der Waals surface area contributed by atoms with E-state index in [0.717, 1.165) is 4.31 Å². The molecule has 0 aromatic heterocycles. The molecule has 4 aromatic rings. The molecular formula is C26H19Cl4N3O5S2. The van der Waals surface area contributed by atoms with Gasteiger partial charge in [-0.1, -0.05) is 64.6 Å². The average Bonchev–Trinajstić information content (AvgIpc) is 2.91. The van der Waals surface area contributed by atoms with E-state index in [9.17, 15) is 21.6 Å². The third kappa shape index (κ3) is 7.01. The highest BCUT2D eigenvalue weighted by Crippen LogP contribution is 2.33. The Bertz CT molecular complexity index is 1770. The molecule has 0 fully saturated rings. The monoisotopic (exact) mass is 657 g/mol. The van der Waals surface area contributed by atoms with E-state index >= 15 is 0 Å². The second-order valence-corrected chi connectivity index (χ2v) is 13.5. The highest BCUT2D eigenvalue weighted by atomic mass is 35.5. The van der Waals surface area contributed by atoms with E-state index in [-0.39, 0.29) is 41.9 Å². The maximum atomic E-state index is 13.5. The maximum Gasteiger partial charge on any atom is 0.264 e. The number of nitrogens with one attached hydrogen (secondary N) is 2. The van der Waals surface area contributed by atoms with Gasteiger partial charge in [-0.15, -0.1) is 0 Å². The molecule has 0 bridgehead atoms. The molecule has 0 saturated heterocycles. The van der Waals surface area contributed by atoms with Crippen molar-refractivity contribution in [3.8, 4) is 0 Å². The lowest BCUT2D eigenvalue weighted by molar-refractivity contribution is -0.114. The summed E-state index contributed by atoms with van der Waals surface area (Å²) < 4.78 is 55.8. The third-order valence-corrected chi connectivity index (χ3v) is 9.68. The van der Waals surface area contributed by atoms with Gasteiger partial charge in [0.15, 0.2) is 0 Å². The standard InChI is InChI=1S/C26H19Cl4N3O5S2/c27-17-7-13-24(23(30)14-17)32-39(35,36)20-10-8-19(9-11-20)31-26(34)16-33(25-15-18(28)6-12-22(25)29)40(37,38)21-4-2-1-3-5-21/h1-15,32H,16H2,(H,31,34). The first-order chi connectivity index (χ1) is 18.9. The van der Waals surface area contributed by atoms with Crippen molar-refractivity contribution < 1.29 is 21.6 Å². The number of benzene rings is 4. The van der Waals surface area contributed by atoms with Gasteiger partial charge in [0.1, 0.15) is 6.54 Å². The molecule has 0 aliphatic carbocycles. The van der Waals surface area contributed by atoms with Crippen LogP contribution >= 0.6 is 46.4 Å². The molecule has 0 aliphatic heterocycles. The molecular weight excluding hydrogens is 640 g/mol. The predicted octanol–water partition coefficient (Wildman–Crippen LogP) is 6.94. The van der Waals surface area contributed by atoms with Crippen LogP contribution in [0.5, 0.6) is 0 Å². The van der Waals surface area contributed by atoms with Crippen LogP contribution in [0.4, 0.5) is 17.1 Å². The molecule has 0 radical (unpaired) electrons. The molecule has 1 amide bonds. The van der Waals surface area contributed by atoms with Gasteiger partial charge in [0.2, 0.25) is 5.91 Å². The lowest BCUT2D eigenvalue weighted by Gasteiger charge is -2.25. The molecule has 0 atom stereocenters. The normalized spacial score (nSPS) is 11.6. The molecule has 4 aromatic carbocycles. The van der Waals surface area contributed by atoms with Crippen molar-refractivity contribution in [1.82, 2.24) is 0 Å². The Morgan fingerprint density at radius 1 is 0.700 bits per heavy atom. The van der Waals surface area contributed by atoms with E-state index in [0.29, 0.717) is 5.02 Å². The van der Waals surface area contributed by atoms with Gasteiger partial charge in [0.05, 0.1) is 31.2 Å². The lowest BCUT2D eigenvalue weighted by Crippen LogP contribution is -2.38. The van der Waals surface area contributed by atoms with Crippen LogP contribution in [-0.4, -0.2) is 29.3 Å². The van der Waals surface area contributed by atoms with E-state index in [1.807, 2.05) is 0 Å². The molecule has 0 heterocycles. The Kier molecular flexibility index (Phi) is 9.19. The lowest BCUT2D eigenvalue weighted by atomic mass is 10.3. The van der Waals surface area contributed by atoms with E-state index in [4.69, 9.17) is 46.4 Å². The van der Waals surface area contributed by atoms with E-state index in [2.05, 4.69) is 10.0 Å². The van der Waals surface area contributed by atoms with E-state index in [1.165, 1.54) is 72.8 Å². The smallest absolute Gasteiger partial charge is 0.264 e. The minimum Gasteiger partial charge on any atom is -0.325 e. The maximum absolute atomic E-state index is 13.5. The number of carbonyl (C=O) groups excluding carboxylic acids is 1. The number of nitrogens with zero attached hydrogens (tertiary/aromatic N) is 1. The van der Waals surface area contributed by atoms with Gasteiger partial charge < -0.3 is 5.32 Å². The minimum atomic E-state index is -4.22. The third-order valence-electron chi connectivity index (χ3n) is 5.42. The molecule has 0 spiro atoms. The summed E-state index contributed by atoms with van der Waals surface area (Å²) in [6, 6.07) is 21.4. The van der Waals surface area contributed by atoms with Crippen molar-refractivity contribution in [2.24, 2.45) is 0 Å². The van der Waals surface area contributed by atoms with Crippen LogP contribution in [0.1, 0.15) is 0 Å². The molecule has 0 aliphatic rings. The highest BCUT2D eigenvalue weighted by Gasteiger charge is 2.29. The van der Waals surface area contributed by atoms with Crippen LogP contribution in [0, 0.1) is 0 Å². The summed E-state index contributed by atoms with van der Waals surface area (Å²) in [5.74, 6) is -0.711. The Balaban J connectivity index is 1.55. The van der Waals surface area contributed by atoms with Gasteiger partial charge in [-0.2, -0.15) is 0 Å². The summed E-state index contributed by atoms with van der Waals surface area (Å²) >= 11 is 24.3. The summed E-state index contributed by atoms with van der Waals surface area (Å²) in [5.41, 5.74) is 0.382. The molecule has 2 N–H and O–H groups in total. The van der Waals surface area contributed by atoms with Crippen LogP contribution in [0.3, 0.4) is 0 Å². The number of hydrogen-bond acceptors (Lipinski definition) is 5. The highest BCUT2D eigenvalue weighted by molar-refractivity contribution is 7.93. The molecule has 40 heavy (non-hydrogen) atoms. The first-order valence-corrected chi connectivity index (χ1v) is 15.7. The topological polar surface area (TPSA) is 113 Å². The molecule has 4 rings (SSSR count). The zero-order valence-electron chi connectivity index (χ0n) is 20.2. The molecule has 14 heteroatoms. The summed E-state index contributed by atoms with van der Waals surface area (Å²) in [6.07, 6.45) is 0. The zero-order valence-corrected chi connectivity index (χ0v) is 24.8. The van der Waals surface area contributed by atoms with Crippen molar-refractivity contribution in [2.45, 2.75) is 9.79 Å². The Morgan fingerprint density at radius 3 is 1.98 bits per heavy atom. The largest absolute Gasteiger partial charge is 0.325 e. The minimum absolute atomic E-state index is 0.0153. The number of rotatable bonds is 9. The van der Waals surface area contributed by atoms with Crippen molar-refractivity contribution in [1.29, 1.82) is 0 Å². The van der Waals surface area contributed by atoms with Gasteiger partial charge in [-0.3, -0.25) is 13.8 Å². The molecule has 0 saturated carbocycles. The van der Waals surface area contributed by atoms with Crippen molar-refractivity contribution >= 4 is 89.4 Å². The van der Waals surface area contributed by atoms with Crippen LogP contribution in [0.25, 0.3) is 0 Å². The van der Waals surface area contributed by atoms with Crippen molar-refractivity contribution in [2.75, 3.05) is 20.9 Å². The number of sulfonamides is 2. The molecule has 8 nitrogen and oxygen atoms in total. The summed E-state index contributed by atoms with van der Waals surface area (Å²) in [7, 11) is -8.23. The van der Waals surface area contributed by atoms with Crippen molar-refractivity contribution in [3.05, 3.63) is 111 Å².